The van der Waals surface area contributed by atoms with E-state index in [4.69, 9.17) is 5.11 Å². The fraction of sp³-hybridized carbons (Fsp3) is 0.200. The van der Waals surface area contributed by atoms with E-state index in [2.05, 4.69) is 0 Å². The highest BCUT2D eigenvalue weighted by Crippen LogP contribution is 2.07. The molecule has 0 bridgehead atoms. The fourth-order valence-electron chi connectivity index (χ4n) is 2.02. The topological polar surface area (TPSA) is 59.3 Å². The average molecular weight is 257 g/mol. The Morgan fingerprint density at radius 2 is 1.95 bits per heavy atom. The van der Waals surface area contributed by atoms with Gasteiger partial charge in [0.25, 0.3) is 5.56 Å². The number of pyridine rings is 1. The van der Waals surface area contributed by atoms with E-state index in [-0.39, 0.29) is 5.56 Å². The fourth-order valence-corrected chi connectivity index (χ4v) is 2.02. The first-order valence-electron chi connectivity index (χ1n) is 5.98. The van der Waals surface area contributed by atoms with Gasteiger partial charge in [0, 0.05) is 5.69 Å². The summed E-state index contributed by atoms with van der Waals surface area (Å²) in [6, 6.07) is 10.8. The normalized spacial score (nSPS) is 10.4. The van der Waals surface area contributed by atoms with Crippen LogP contribution in [0.3, 0.4) is 0 Å². The summed E-state index contributed by atoms with van der Waals surface area (Å²) in [7, 11) is 0. The monoisotopic (exact) mass is 257 g/mol. The molecule has 4 heteroatoms. The zero-order chi connectivity index (χ0) is 14.0. The number of carboxylic acid groups (broad SMARTS) is 1. The number of benzene rings is 1. The molecule has 19 heavy (non-hydrogen) atoms. The lowest BCUT2D eigenvalue weighted by Gasteiger charge is -2.11. The molecule has 98 valence electrons. The smallest absolute Gasteiger partial charge is 0.341 e. The highest BCUT2D eigenvalue weighted by molar-refractivity contribution is 5.87. The summed E-state index contributed by atoms with van der Waals surface area (Å²) in [4.78, 5) is 23.1. The standard InChI is InChI=1S/C15H15NO3/c1-10-4-3-5-12(8-10)9-16-11(2)6-7-13(14(16)17)15(18)19/h3-8H,9H2,1-2H3,(H,18,19). The van der Waals surface area contributed by atoms with Gasteiger partial charge in [0.05, 0.1) is 6.54 Å². The molecule has 1 aromatic heterocycles. The zero-order valence-electron chi connectivity index (χ0n) is 10.9. The molecule has 1 N–H and O–H groups in total. The average Bonchev–Trinajstić information content (AvgIpc) is 2.34. The number of nitrogens with zero attached hydrogens (tertiary/aromatic N) is 1. The van der Waals surface area contributed by atoms with Gasteiger partial charge in [-0.15, -0.1) is 0 Å². The van der Waals surface area contributed by atoms with Crippen LogP contribution in [0, 0.1) is 13.8 Å². The van der Waals surface area contributed by atoms with Crippen LogP contribution in [0.1, 0.15) is 27.2 Å². The molecule has 0 aliphatic carbocycles. The molecule has 0 aliphatic heterocycles. The maximum Gasteiger partial charge on any atom is 0.341 e. The predicted molar refractivity (Wildman–Crippen MR) is 72.7 cm³/mol. The van der Waals surface area contributed by atoms with Crippen molar-refractivity contribution >= 4 is 5.97 Å². The van der Waals surface area contributed by atoms with E-state index >= 15 is 0 Å². The molecule has 0 amide bonds. The molecule has 1 aromatic carbocycles. The van der Waals surface area contributed by atoms with Crippen LogP contribution in [0.5, 0.6) is 0 Å². The van der Waals surface area contributed by atoms with Crippen LogP contribution in [-0.4, -0.2) is 15.6 Å². The third kappa shape index (κ3) is 2.73. The molecule has 0 saturated heterocycles. The number of carboxylic acids is 1. The number of aromatic carboxylic acids is 1. The number of carbonyl (C=O) groups is 1. The molecule has 4 nitrogen and oxygen atoms in total. The molecule has 0 aliphatic rings. The van der Waals surface area contributed by atoms with Gasteiger partial charge in [0.1, 0.15) is 5.56 Å². The van der Waals surface area contributed by atoms with Crippen LogP contribution in [0.25, 0.3) is 0 Å². The van der Waals surface area contributed by atoms with Crippen molar-refractivity contribution < 1.29 is 9.90 Å². The lowest BCUT2D eigenvalue weighted by atomic mass is 10.1. The second-order valence-corrected chi connectivity index (χ2v) is 4.57. The molecule has 0 spiro atoms. The van der Waals surface area contributed by atoms with Crippen molar-refractivity contribution in [1.82, 2.24) is 4.57 Å². The van der Waals surface area contributed by atoms with Crippen LogP contribution in [0.2, 0.25) is 0 Å². The van der Waals surface area contributed by atoms with Crippen LogP contribution in [0.15, 0.2) is 41.2 Å². The molecule has 0 fully saturated rings. The Kier molecular flexibility index (Phi) is 3.51. The van der Waals surface area contributed by atoms with Crippen LogP contribution >= 0.6 is 0 Å². The molecule has 0 atom stereocenters. The van der Waals surface area contributed by atoms with Gasteiger partial charge in [0.2, 0.25) is 0 Å². The summed E-state index contributed by atoms with van der Waals surface area (Å²) in [5.74, 6) is -1.19. The minimum atomic E-state index is -1.19. The van der Waals surface area contributed by atoms with Gasteiger partial charge in [-0.1, -0.05) is 29.8 Å². The molecule has 1 heterocycles. The van der Waals surface area contributed by atoms with Crippen LogP contribution < -0.4 is 5.56 Å². The lowest BCUT2D eigenvalue weighted by molar-refractivity contribution is 0.0694. The molecule has 0 unspecified atom stereocenters. The Morgan fingerprint density at radius 1 is 1.21 bits per heavy atom. The zero-order valence-corrected chi connectivity index (χ0v) is 10.9. The molecular weight excluding hydrogens is 242 g/mol. The largest absolute Gasteiger partial charge is 0.477 e. The first-order valence-corrected chi connectivity index (χ1v) is 5.98. The first kappa shape index (κ1) is 13.1. The van der Waals surface area contributed by atoms with Crippen LogP contribution in [0.4, 0.5) is 0 Å². The SMILES string of the molecule is Cc1cccc(Cn2c(C)ccc(C(=O)O)c2=O)c1. The summed E-state index contributed by atoms with van der Waals surface area (Å²) in [5.41, 5.74) is 2.18. The van der Waals surface area contributed by atoms with Crippen molar-refractivity contribution in [2.24, 2.45) is 0 Å². The van der Waals surface area contributed by atoms with E-state index in [0.717, 1.165) is 16.8 Å². The third-order valence-electron chi connectivity index (χ3n) is 3.05. The van der Waals surface area contributed by atoms with Gasteiger partial charge < -0.3 is 9.67 Å². The van der Waals surface area contributed by atoms with Gasteiger partial charge in [-0.25, -0.2) is 4.79 Å². The summed E-state index contributed by atoms with van der Waals surface area (Å²) in [6.07, 6.45) is 0. The van der Waals surface area contributed by atoms with Gasteiger partial charge >= 0.3 is 5.97 Å². The highest BCUT2D eigenvalue weighted by atomic mass is 16.4. The molecular formula is C15H15NO3. The number of hydrogen-bond donors (Lipinski definition) is 1. The lowest BCUT2D eigenvalue weighted by Crippen LogP contribution is -2.28. The summed E-state index contributed by atoms with van der Waals surface area (Å²) < 4.78 is 1.48. The van der Waals surface area contributed by atoms with E-state index in [1.807, 2.05) is 31.2 Å². The van der Waals surface area contributed by atoms with Crippen molar-refractivity contribution in [3.05, 3.63) is 69.1 Å². The van der Waals surface area contributed by atoms with Crippen molar-refractivity contribution in [3.8, 4) is 0 Å². The number of hydrogen-bond acceptors (Lipinski definition) is 2. The molecule has 2 rings (SSSR count). The maximum absolute atomic E-state index is 12.1. The third-order valence-corrected chi connectivity index (χ3v) is 3.05. The quantitative estimate of drug-likeness (QED) is 0.917. The Hall–Kier alpha value is -2.36. The summed E-state index contributed by atoms with van der Waals surface area (Å²) in [5, 5.41) is 8.98. The van der Waals surface area contributed by atoms with E-state index in [9.17, 15) is 9.59 Å². The van der Waals surface area contributed by atoms with Gasteiger partial charge in [-0.05, 0) is 31.5 Å². The second-order valence-electron chi connectivity index (χ2n) is 4.57. The number of rotatable bonds is 3. The van der Waals surface area contributed by atoms with Crippen molar-refractivity contribution in [2.75, 3.05) is 0 Å². The highest BCUT2D eigenvalue weighted by Gasteiger charge is 2.12. The Balaban J connectivity index is 2.48. The molecule has 0 saturated carbocycles. The van der Waals surface area contributed by atoms with Crippen LogP contribution in [-0.2, 0) is 6.54 Å². The molecule has 0 radical (unpaired) electrons. The first-order chi connectivity index (χ1) is 8.99. The Morgan fingerprint density at radius 3 is 2.58 bits per heavy atom. The van der Waals surface area contributed by atoms with Crippen molar-refractivity contribution in [3.63, 3.8) is 0 Å². The van der Waals surface area contributed by atoms with E-state index in [0.29, 0.717) is 6.54 Å². The van der Waals surface area contributed by atoms with E-state index in [1.165, 1.54) is 10.6 Å². The Bertz CT molecular complexity index is 686. The van der Waals surface area contributed by atoms with E-state index in [1.54, 1.807) is 13.0 Å². The molecule has 2 aromatic rings. The maximum atomic E-state index is 12.1. The second kappa shape index (κ2) is 5.10. The minimum absolute atomic E-state index is 0.196. The van der Waals surface area contributed by atoms with E-state index < -0.39 is 11.5 Å². The van der Waals surface area contributed by atoms with Crippen molar-refractivity contribution in [2.45, 2.75) is 20.4 Å². The van der Waals surface area contributed by atoms with Crippen molar-refractivity contribution in [1.29, 1.82) is 0 Å². The van der Waals surface area contributed by atoms with Gasteiger partial charge in [-0.3, -0.25) is 4.79 Å². The van der Waals surface area contributed by atoms with Gasteiger partial charge in [0.15, 0.2) is 0 Å². The predicted octanol–water partition coefficient (Wildman–Crippen LogP) is 2.21. The summed E-state index contributed by atoms with van der Waals surface area (Å²) >= 11 is 0. The number of aryl methyl sites for hydroxylation is 2. The minimum Gasteiger partial charge on any atom is -0.477 e. The Labute approximate surface area is 110 Å². The number of aromatic nitrogens is 1. The van der Waals surface area contributed by atoms with Gasteiger partial charge in [-0.2, -0.15) is 0 Å². The summed E-state index contributed by atoms with van der Waals surface area (Å²) in [6.45, 7) is 4.16.